The number of carbonyl (C=O) groups excluding carboxylic acids is 2. The molecule has 0 saturated heterocycles. The van der Waals surface area contributed by atoms with E-state index in [0.717, 1.165) is 27.8 Å². The SMILES string of the molecule is Cc1ccn([C@H](CC(C)C)C(=O)NC(c2cncc(-c3c(C)cccc3C)c2)C(C=O)CO)c(=O)c1. The van der Waals surface area contributed by atoms with Crippen LogP contribution < -0.4 is 10.9 Å². The van der Waals surface area contributed by atoms with Gasteiger partial charge in [0.25, 0.3) is 5.56 Å². The molecule has 2 N–H and O–H groups in total. The van der Waals surface area contributed by atoms with Gasteiger partial charge in [0.1, 0.15) is 12.3 Å². The van der Waals surface area contributed by atoms with Crippen molar-refractivity contribution in [3.8, 4) is 11.1 Å². The highest BCUT2D eigenvalue weighted by Crippen LogP contribution is 2.30. The normalized spacial score (nSPS) is 13.8. The fourth-order valence-corrected chi connectivity index (χ4v) is 4.59. The van der Waals surface area contributed by atoms with Crippen molar-refractivity contribution in [1.29, 1.82) is 0 Å². The number of nitrogens with one attached hydrogen (secondary N) is 1. The number of nitrogens with zero attached hydrogens (tertiary/aromatic N) is 2. The molecule has 0 spiro atoms. The van der Waals surface area contributed by atoms with E-state index < -0.39 is 30.5 Å². The summed E-state index contributed by atoms with van der Waals surface area (Å²) in [6.45, 7) is 9.39. The van der Waals surface area contributed by atoms with E-state index in [4.69, 9.17) is 0 Å². The fraction of sp³-hybridized carbons (Fsp3) is 0.379. The number of carbonyl (C=O) groups is 2. The maximum absolute atomic E-state index is 13.6. The maximum Gasteiger partial charge on any atom is 0.251 e. The van der Waals surface area contributed by atoms with Gasteiger partial charge in [-0.15, -0.1) is 0 Å². The number of aryl methyl sites for hydroxylation is 3. The lowest BCUT2D eigenvalue weighted by atomic mass is 9.91. The van der Waals surface area contributed by atoms with Gasteiger partial charge in [-0.1, -0.05) is 32.0 Å². The van der Waals surface area contributed by atoms with Gasteiger partial charge in [-0.3, -0.25) is 14.6 Å². The Labute approximate surface area is 212 Å². The quantitative estimate of drug-likeness (QED) is 0.418. The summed E-state index contributed by atoms with van der Waals surface area (Å²) in [6.07, 6.45) is 6.06. The van der Waals surface area contributed by atoms with Crippen molar-refractivity contribution in [2.75, 3.05) is 6.61 Å². The third-order valence-corrected chi connectivity index (χ3v) is 6.44. The van der Waals surface area contributed by atoms with Crippen molar-refractivity contribution < 1.29 is 14.7 Å². The van der Waals surface area contributed by atoms with Crippen molar-refractivity contribution in [3.05, 3.63) is 87.6 Å². The number of benzene rings is 1. The summed E-state index contributed by atoms with van der Waals surface area (Å²) >= 11 is 0. The second-order valence-corrected chi connectivity index (χ2v) is 9.84. The Bertz CT molecular complexity index is 1260. The molecule has 0 aliphatic rings. The molecule has 0 bridgehead atoms. The van der Waals surface area contributed by atoms with Gasteiger partial charge in [-0.25, -0.2) is 0 Å². The third-order valence-electron chi connectivity index (χ3n) is 6.44. The number of hydrogen-bond acceptors (Lipinski definition) is 5. The standard InChI is InChI=1S/C29H35N3O4/c1-18(2)11-25(32-10-9-19(3)12-26(32)35)29(36)31-28(24(16-33)17-34)23-13-22(14-30-15-23)27-20(4)7-6-8-21(27)5/h6-10,12-16,18,24-25,28,34H,11,17H2,1-5H3,(H,31,36)/t24?,25-,28?/m1/s1. The molecule has 0 radical (unpaired) electrons. The number of amides is 1. The highest BCUT2D eigenvalue weighted by molar-refractivity contribution is 5.81. The van der Waals surface area contributed by atoms with E-state index >= 15 is 0 Å². The lowest BCUT2D eigenvalue weighted by Gasteiger charge is -2.28. The molecule has 36 heavy (non-hydrogen) atoms. The highest BCUT2D eigenvalue weighted by Gasteiger charge is 2.30. The predicted molar refractivity (Wildman–Crippen MR) is 141 cm³/mol. The lowest BCUT2D eigenvalue weighted by Crippen LogP contribution is -2.42. The fourth-order valence-electron chi connectivity index (χ4n) is 4.59. The van der Waals surface area contributed by atoms with Crippen LogP contribution in [0.15, 0.2) is 59.8 Å². The van der Waals surface area contributed by atoms with Gasteiger partial charge in [-0.2, -0.15) is 0 Å². The first-order chi connectivity index (χ1) is 17.2. The minimum Gasteiger partial charge on any atom is -0.396 e. The molecule has 3 rings (SSSR count). The van der Waals surface area contributed by atoms with Crippen LogP contribution in [0.5, 0.6) is 0 Å². The molecule has 7 nitrogen and oxygen atoms in total. The second kappa shape index (κ2) is 11.9. The molecule has 1 aromatic carbocycles. The van der Waals surface area contributed by atoms with Crippen molar-refractivity contribution in [2.45, 2.75) is 53.1 Å². The molecule has 3 atom stereocenters. The van der Waals surface area contributed by atoms with Crippen molar-refractivity contribution in [2.24, 2.45) is 11.8 Å². The number of hydrogen-bond donors (Lipinski definition) is 2. The molecule has 0 fully saturated rings. The Morgan fingerprint density at radius 1 is 1.11 bits per heavy atom. The van der Waals surface area contributed by atoms with Gasteiger partial charge in [-0.05, 0) is 73.1 Å². The van der Waals surface area contributed by atoms with E-state index in [-0.39, 0.29) is 11.5 Å². The van der Waals surface area contributed by atoms with Crippen molar-refractivity contribution >= 4 is 12.2 Å². The topological polar surface area (TPSA) is 101 Å². The van der Waals surface area contributed by atoms with Crippen LogP contribution in [-0.2, 0) is 9.59 Å². The molecule has 0 saturated carbocycles. The summed E-state index contributed by atoms with van der Waals surface area (Å²) in [4.78, 5) is 42.6. The zero-order valence-electron chi connectivity index (χ0n) is 21.6. The third kappa shape index (κ3) is 6.15. The van der Waals surface area contributed by atoms with Crippen LogP contribution >= 0.6 is 0 Å². The molecule has 0 aliphatic carbocycles. The second-order valence-electron chi connectivity index (χ2n) is 9.84. The lowest BCUT2D eigenvalue weighted by molar-refractivity contribution is -0.126. The zero-order valence-corrected chi connectivity index (χ0v) is 21.6. The van der Waals surface area contributed by atoms with Crippen LogP contribution in [0.2, 0.25) is 0 Å². The first-order valence-corrected chi connectivity index (χ1v) is 12.2. The summed E-state index contributed by atoms with van der Waals surface area (Å²) in [6, 6.07) is 9.64. The average Bonchev–Trinajstić information content (AvgIpc) is 2.83. The molecule has 0 aliphatic heterocycles. The smallest absolute Gasteiger partial charge is 0.251 e. The van der Waals surface area contributed by atoms with E-state index in [1.807, 2.05) is 58.9 Å². The molecule has 3 aromatic rings. The van der Waals surface area contributed by atoms with Crippen molar-refractivity contribution in [1.82, 2.24) is 14.9 Å². The summed E-state index contributed by atoms with van der Waals surface area (Å²) in [7, 11) is 0. The Kier molecular flexibility index (Phi) is 8.93. The molecular formula is C29H35N3O4. The maximum atomic E-state index is 13.6. The number of aldehydes is 1. The summed E-state index contributed by atoms with van der Waals surface area (Å²) < 4.78 is 1.43. The average molecular weight is 490 g/mol. The number of pyridine rings is 2. The van der Waals surface area contributed by atoms with Gasteiger partial charge >= 0.3 is 0 Å². The first kappa shape index (κ1) is 27.0. The van der Waals surface area contributed by atoms with Gasteiger partial charge in [0.15, 0.2) is 0 Å². The van der Waals surface area contributed by atoms with Crippen LogP contribution in [0.3, 0.4) is 0 Å². The molecule has 2 heterocycles. The number of aliphatic hydroxyl groups excluding tert-OH is 1. The minimum absolute atomic E-state index is 0.140. The number of rotatable bonds is 10. The molecular weight excluding hydrogens is 454 g/mol. The Morgan fingerprint density at radius 3 is 2.39 bits per heavy atom. The summed E-state index contributed by atoms with van der Waals surface area (Å²) in [5.41, 5.74) is 5.22. The Morgan fingerprint density at radius 2 is 1.81 bits per heavy atom. The summed E-state index contributed by atoms with van der Waals surface area (Å²) in [5.74, 6) is -1.13. The van der Waals surface area contributed by atoms with Crippen molar-refractivity contribution in [3.63, 3.8) is 0 Å². The van der Waals surface area contributed by atoms with Gasteiger partial charge in [0, 0.05) is 30.2 Å². The molecule has 2 aromatic heterocycles. The number of aliphatic hydroxyl groups is 1. The van der Waals surface area contributed by atoms with Gasteiger partial charge in [0.05, 0.1) is 18.6 Å². The monoisotopic (exact) mass is 489 g/mol. The predicted octanol–water partition coefficient (Wildman–Crippen LogP) is 4.09. The van der Waals surface area contributed by atoms with Gasteiger partial charge in [0.2, 0.25) is 5.91 Å². The van der Waals surface area contributed by atoms with Crippen LogP contribution in [0.1, 0.15) is 54.6 Å². The van der Waals surface area contributed by atoms with E-state index in [2.05, 4.69) is 10.3 Å². The van der Waals surface area contributed by atoms with E-state index in [1.54, 1.807) is 24.7 Å². The molecule has 1 amide bonds. The Balaban J connectivity index is 2.03. The highest BCUT2D eigenvalue weighted by atomic mass is 16.3. The molecule has 7 heteroatoms. The molecule has 2 unspecified atom stereocenters. The van der Waals surface area contributed by atoms with Crippen LogP contribution in [-0.4, -0.2) is 33.5 Å². The van der Waals surface area contributed by atoms with E-state index in [0.29, 0.717) is 18.3 Å². The largest absolute Gasteiger partial charge is 0.396 e. The zero-order chi connectivity index (χ0) is 26.4. The van der Waals surface area contributed by atoms with E-state index in [9.17, 15) is 19.5 Å². The van der Waals surface area contributed by atoms with Gasteiger partial charge < -0.3 is 19.8 Å². The number of aromatic nitrogens is 2. The van der Waals surface area contributed by atoms with Crippen LogP contribution in [0.4, 0.5) is 0 Å². The Hall–Kier alpha value is -3.58. The first-order valence-electron chi connectivity index (χ1n) is 12.2. The minimum atomic E-state index is -0.876. The van der Waals surface area contributed by atoms with Crippen LogP contribution in [0, 0.1) is 32.6 Å². The van der Waals surface area contributed by atoms with Crippen LogP contribution in [0.25, 0.3) is 11.1 Å². The summed E-state index contributed by atoms with van der Waals surface area (Å²) in [5, 5.41) is 12.9. The molecule has 190 valence electrons. The van der Waals surface area contributed by atoms with E-state index in [1.165, 1.54) is 10.6 Å².